The second-order valence-corrected chi connectivity index (χ2v) is 6.01. The van der Waals surface area contributed by atoms with Gasteiger partial charge in [-0.15, -0.1) is 11.3 Å². The van der Waals surface area contributed by atoms with Crippen LogP contribution in [0.4, 0.5) is 0 Å². The Morgan fingerprint density at radius 1 is 1.50 bits per heavy atom. The first-order valence-corrected chi connectivity index (χ1v) is 7.92. The number of amides is 1. The molecule has 4 nitrogen and oxygen atoms in total. The largest absolute Gasteiger partial charge is 0.385 e. The second kappa shape index (κ2) is 7.95. The fraction of sp³-hybridized carbons (Fsp3) is 0.250. The monoisotopic (exact) mass is 334 g/mol. The quantitative estimate of drug-likeness (QED) is 0.498. The maximum absolute atomic E-state index is 12.0. The van der Waals surface area contributed by atoms with E-state index in [2.05, 4.69) is 5.32 Å². The molecule has 22 heavy (non-hydrogen) atoms. The highest BCUT2D eigenvalue weighted by atomic mass is 35.5. The Kier molecular flexibility index (Phi) is 5.96. The van der Waals surface area contributed by atoms with Crippen LogP contribution in [-0.4, -0.2) is 26.2 Å². The van der Waals surface area contributed by atoms with Gasteiger partial charge in [-0.1, -0.05) is 29.8 Å². The van der Waals surface area contributed by atoms with E-state index >= 15 is 0 Å². The van der Waals surface area contributed by atoms with Crippen molar-refractivity contribution in [3.63, 3.8) is 0 Å². The zero-order chi connectivity index (χ0) is 15.9. The van der Waals surface area contributed by atoms with Crippen molar-refractivity contribution < 1.29 is 9.53 Å². The van der Waals surface area contributed by atoms with Crippen LogP contribution in [0.15, 0.2) is 29.8 Å². The number of hydrogen-bond acceptors (Lipinski definition) is 4. The van der Waals surface area contributed by atoms with Crippen LogP contribution in [0, 0.1) is 11.3 Å². The number of hydrogen-bond donors (Lipinski definition) is 1. The summed E-state index contributed by atoms with van der Waals surface area (Å²) in [7, 11) is 1.60. The molecule has 0 saturated carbocycles. The Labute approximate surface area is 138 Å². The van der Waals surface area contributed by atoms with Crippen molar-refractivity contribution in [2.75, 3.05) is 20.3 Å². The number of carbonyl (C=O) groups excluding carboxylic acids is 1. The van der Waals surface area contributed by atoms with Gasteiger partial charge in [-0.05, 0) is 18.6 Å². The summed E-state index contributed by atoms with van der Waals surface area (Å²) < 4.78 is 5.93. The molecule has 1 N–H and O–H groups in total. The van der Waals surface area contributed by atoms with E-state index in [9.17, 15) is 10.1 Å². The molecular weight excluding hydrogens is 320 g/mol. The van der Waals surface area contributed by atoms with Gasteiger partial charge in [0, 0.05) is 35.2 Å². The van der Waals surface area contributed by atoms with E-state index in [-0.39, 0.29) is 5.57 Å². The van der Waals surface area contributed by atoms with E-state index in [1.807, 2.05) is 30.3 Å². The summed E-state index contributed by atoms with van der Waals surface area (Å²) >= 11 is 7.77. The fourth-order valence-electron chi connectivity index (χ4n) is 1.92. The first kappa shape index (κ1) is 16.5. The lowest BCUT2D eigenvalue weighted by Gasteiger charge is -2.03. The summed E-state index contributed by atoms with van der Waals surface area (Å²) in [5, 5.41) is 13.4. The number of halogens is 1. The number of rotatable bonds is 6. The number of methoxy groups -OCH3 is 1. The van der Waals surface area contributed by atoms with E-state index < -0.39 is 5.91 Å². The molecule has 6 heteroatoms. The molecule has 0 radical (unpaired) electrons. The molecule has 0 aliphatic rings. The molecule has 1 amide bonds. The van der Waals surface area contributed by atoms with Gasteiger partial charge in [0.1, 0.15) is 11.6 Å². The molecule has 0 bridgehead atoms. The minimum atomic E-state index is -0.396. The number of nitrogens with zero attached hydrogens (tertiary/aromatic N) is 1. The van der Waals surface area contributed by atoms with Gasteiger partial charge in [0.15, 0.2) is 0 Å². The zero-order valence-electron chi connectivity index (χ0n) is 12.1. The van der Waals surface area contributed by atoms with Crippen LogP contribution in [0.25, 0.3) is 16.2 Å². The molecule has 0 spiro atoms. The molecule has 1 aromatic carbocycles. The number of carbonyl (C=O) groups is 1. The number of fused-ring (bicyclic) bond motifs is 1. The highest BCUT2D eigenvalue weighted by Crippen LogP contribution is 2.36. The van der Waals surface area contributed by atoms with Gasteiger partial charge in [0.05, 0.1) is 5.02 Å². The Morgan fingerprint density at radius 3 is 2.95 bits per heavy atom. The Morgan fingerprint density at radius 2 is 2.27 bits per heavy atom. The smallest absolute Gasteiger partial charge is 0.261 e. The van der Waals surface area contributed by atoms with Crippen molar-refractivity contribution in [2.24, 2.45) is 0 Å². The SMILES string of the molecule is COCCCNC(=O)/C(C#N)=C\c1sc2ccccc2c1Cl. The van der Waals surface area contributed by atoms with E-state index in [1.165, 1.54) is 11.3 Å². The van der Waals surface area contributed by atoms with Gasteiger partial charge < -0.3 is 10.1 Å². The first-order chi connectivity index (χ1) is 10.7. The van der Waals surface area contributed by atoms with Gasteiger partial charge in [-0.3, -0.25) is 4.79 Å². The summed E-state index contributed by atoms with van der Waals surface area (Å²) in [5.74, 6) is -0.396. The summed E-state index contributed by atoms with van der Waals surface area (Å²) in [5.41, 5.74) is 0.0471. The first-order valence-electron chi connectivity index (χ1n) is 6.73. The Hall–Kier alpha value is -1.87. The van der Waals surface area contributed by atoms with Crippen molar-refractivity contribution >= 4 is 45.0 Å². The predicted octanol–water partition coefficient (Wildman–Crippen LogP) is 3.61. The van der Waals surface area contributed by atoms with Crippen LogP contribution in [0.5, 0.6) is 0 Å². The van der Waals surface area contributed by atoms with E-state index in [4.69, 9.17) is 16.3 Å². The minimum absolute atomic E-state index is 0.0471. The molecule has 0 aliphatic heterocycles. The van der Waals surface area contributed by atoms with Crippen molar-refractivity contribution in [2.45, 2.75) is 6.42 Å². The molecule has 1 aromatic heterocycles. The van der Waals surface area contributed by atoms with Gasteiger partial charge >= 0.3 is 0 Å². The van der Waals surface area contributed by atoms with Crippen LogP contribution in [0.3, 0.4) is 0 Å². The van der Waals surface area contributed by atoms with Gasteiger partial charge in [-0.2, -0.15) is 5.26 Å². The van der Waals surface area contributed by atoms with Crippen molar-refractivity contribution in [1.82, 2.24) is 5.32 Å². The third-order valence-corrected chi connectivity index (χ3v) is 4.65. The van der Waals surface area contributed by atoms with Crippen molar-refractivity contribution in [1.29, 1.82) is 5.26 Å². The van der Waals surface area contributed by atoms with Crippen LogP contribution < -0.4 is 5.32 Å². The molecule has 0 aliphatic carbocycles. The summed E-state index contributed by atoms with van der Waals surface area (Å²) in [6, 6.07) is 9.64. The maximum atomic E-state index is 12.0. The second-order valence-electron chi connectivity index (χ2n) is 4.55. The summed E-state index contributed by atoms with van der Waals surface area (Å²) in [6.45, 7) is 1.03. The fourth-order valence-corrected chi connectivity index (χ4v) is 3.35. The van der Waals surface area contributed by atoms with E-state index in [1.54, 1.807) is 13.2 Å². The normalized spacial score (nSPS) is 11.4. The van der Waals surface area contributed by atoms with Gasteiger partial charge in [0.25, 0.3) is 5.91 Å². The van der Waals surface area contributed by atoms with Crippen LogP contribution in [0.1, 0.15) is 11.3 Å². The highest BCUT2D eigenvalue weighted by molar-refractivity contribution is 7.20. The lowest BCUT2D eigenvalue weighted by atomic mass is 10.2. The number of benzene rings is 1. The lowest BCUT2D eigenvalue weighted by molar-refractivity contribution is -0.117. The van der Waals surface area contributed by atoms with Crippen LogP contribution in [0.2, 0.25) is 5.02 Å². The maximum Gasteiger partial charge on any atom is 0.261 e. The molecule has 0 saturated heterocycles. The van der Waals surface area contributed by atoms with E-state index in [0.717, 1.165) is 10.1 Å². The molecule has 0 atom stereocenters. The standard InChI is InChI=1S/C16H15ClN2O2S/c1-21-8-4-7-19-16(20)11(10-18)9-14-15(17)12-5-2-3-6-13(12)22-14/h2-3,5-6,9H,4,7-8H2,1H3,(H,19,20)/b11-9-. The molecular formula is C16H15ClN2O2S. The number of thiophene rings is 1. The van der Waals surface area contributed by atoms with Gasteiger partial charge in [0.2, 0.25) is 0 Å². The average Bonchev–Trinajstić information content (AvgIpc) is 2.85. The van der Waals surface area contributed by atoms with Crippen molar-refractivity contribution in [3.8, 4) is 6.07 Å². The predicted molar refractivity (Wildman–Crippen MR) is 89.9 cm³/mol. The molecule has 2 rings (SSSR count). The van der Waals surface area contributed by atoms with Crippen LogP contribution in [-0.2, 0) is 9.53 Å². The average molecular weight is 335 g/mol. The minimum Gasteiger partial charge on any atom is -0.385 e. The van der Waals surface area contributed by atoms with E-state index in [0.29, 0.717) is 29.5 Å². The van der Waals surface area contributed by atoms with Crippen LogP contribution >= 0.6 is 22.9 Å². The van der Waals surface area contributed by atoms with Crippen molar-refractivity contribution in [3.05, 3.63) is 39.7 Å². The molecule has 0 fully saturated rings. The topological polar surface area (TPSA) is 62.1 Å². The lowest BCUT2D eigenvalue weighted by Crippen LogP contribution is -2.26. The number of ether oxygens (including phenoxy) is 1. The third-order valence-electron chi connectivity index (χ3n) is 3.01. The third kappa shape index (κ3) is 3.86. The molecule has 0 unspecified atom stereocenters. The molecule has 1 heterocycles. The Balaban J connectivity index is 2.18. The Bertz CT molecular complexity index is 746. The number of nitrogens with one attached hydrogen (secondary N) is 1. The summed E-state index contributed by atoms with van der Waals surface area (Å²) in [4.78, 5) is 12.7. The summed E-state index contributed by atoms with van der Waals surface area (Å²) in [6.07, 6.45) is 2.24. The van der Waals surface area contributed by atoms with Gasteiger partial charge in [-0.25, -0.2) is 0 Å². The molecule has 114 valence electrons. The molecule has 2 aromatic rings. The highest BCUT2D eigenvalue weighted by Gasteiger charge is 2.13. The zero-order valence-corrected chi connectivity index (χ0v) is 13.6. The number of nitriles is 1.